The Hall–Kier alpha value is -6.71. The molecule has 0 unspecified atom stereocenters. The number of hydrogen-bond acceptors (Lipinski definition) is 12. The van der Waals surface area contributed by atoms with E-state index in [1.165, 1.54) is 14.0 Å². The molecule has 0 radical (unpaired) electrons. The van der Waals surface area contributed by atoms with Gasteiger partial charge in [-0.25, -0.2) is 0 Å². The number of fused-ring (bicyclic) bond motifs is 2. The zero-order valence-corrected chi connectivity index (χ0v) is 36.8. The molecule has 20 nitrogen and oxygen atoms in total. The van der Waals surface area contributed by atoms with Gasteiger partial charge in [0, 0.05) is 43.0 Å². The Balaban J connectivity index is 1.35. The number of nitrogens with zero attached hydrogens (tertiary/aromatic N) is 1. The van der Waals surface area contributed by atoms with Gasteiger partial charge >= 0.3 is 0 Å². The van der Waals surface area contributed by atoms with Crippen molar-refractivity contribution in [3.8, 4) is 0 Å². The van der Waals surface area contributed by atoms with Gasteiger partial charge in [-0.2, -0.15) is 0 Å². The normalized spacial score (nSPS) is 26.5. The molecule has 12 N–H and O–H groups in total. The minimum absolute atomic E-state index is 0.0412. The highest BCUT2D eigenvalue weighted by Gasteiger charge is 2.49. The number of β-amino-alcohol motifs (C(OH)–C–C–N with tert-alkyl or cyclic N) is 1. The van der Waals surface area contributed by atoms with E-state index in [4.69, 9.17) is 0 Å². The van der Waals surface area contributed by atoms with Crippen LogP contribution < -0.4 is 31.9 Å². The van der Waals surface area contributed by atoms with E-state index in [2.05, 4.69) is 36.9 Å². The van der Waals surface area contributed by atoms with E-state index in [1.807, 2.05) is 67.6 Å². The second-order valence-corrected chi connectivity index (χ2v) is 16.6. The van der Waals surface area contributed by atoms with Crippen LogP contribution in [-0.4, -0.2) is 152 Å². The molecular weight excluding hydrogens is 857 g/mol. The van der Waals surface area contributed by atoms with E-state index in [1.54, 1.807) is 30.5 Å². The predicted octanol–water partition coefficient (Wildman–Crippen LogP) is -1.85. The summed E-state index contributed by atoms with van der Waals surface area (Å²) in [5.74, 6) is -7.23. The highest BCUT2D eigenvalue weighted by molar-refractivity contribution is 5.94. The molecule has 3 heterocycles. The van der Waals surface area contributed by atoms with Crippen LogP contribution in [-0.2, 0) is 40.0 Å². The van der Waals surface area contributed by atoms with Gasteiger partial charge in [0.05, 0.1) is 56.6 Å². The number of hydrogen-bond donors (Lipinski definition) is 12. The van der Waals surface area contributed by atoms with E-state index < -0.39 is 134 Å². The molecule has 2 fully saturated rings. The summed E-state index contributed by atoms with van der Waals surface area (Å²) in [6, 6.07) is 12.0. The van der Waals surface area contributed by atoms with E-state index >= 15 is 0 Å². The molecule has 0 aliphatic carbocycles. The number of likely N-dealkylation sites (N-methyl/N-ethyl adjacent to an activating group) is 1. The maximum atomic E-state index is 13.7. The summed E-state index contributed by atoms with van der Waals surface area (Å²) in [6.07, 6.45) is 0.430. The summed E-state index contributed by atoms with van der Waals surface area (Å²) in [5, 5.41) is 71.3. The Kier molecular flexibility index (Phi) is 17.5. The lowest BCUT2D eigenvalue weighted by Crippen LogP contribution is -2.63. The van der Waals surface area contributed by atoms with Crippen molar-refractivity contribution in [2.24, 2.45) is 5.92 Å². The summed E-state index contributed by atoms with van der Waals surface area (Å²) in [7, 11) is 1.23. The number of benzene rings is 2. The van der Waals surface area contributed by atoms with Gasteiger partial charge in [-0.1, -0.05) is 91.4 Å². The first-order valence-corrected chi connectivity index (χ1v) is 21.4. The minimum Gasteiger partial charge on any atom is -0.391 e. The summed E-state index contributed by atoms with van der Waals surface area (Å²) in [5.41, 5.74) is 0.785. The van der Waals surface area contributed by atoms with Crippen molar-refractivity contribution in [2.75, 3.05) is 26.7 Å². The van der Waals surface area contributed by atoms with Crippen molar-refractivity contribution in [1.82, 2.24) is 41.8 Å². The number of carbonyl (C=O) groups is 7. The number of aliphatic hydroxyl groups is 5. The molecule has 3 aromatic rings. The second kappa shape index (κ2) is 23.0. The molecule has 0 bridgehead atoms. The van der Waals surface area contributed by atoms with Crippen LogP contribution in [0.3, 0.4) is 0 Å². The summed E-state index contributed by atoms with van der Waals surface area (Å²) >= 11 is 0. The molecule has 354 valence electrons. The lowest BCUT2D eigenvalue weighted by Gasteiger charge is -2.34. The number of H-pyrrole nitrogens is 1. The number of amides is 7. The summed E-state index contributed by atoms with van der Waals surface area (Å²) in [6.45, 7) is 1.63. The fraction of sp³-hybridized carbons (Fsp3) is 0.413. The number of para-hydroxylation sites is 1. The third kappa shape index (κ3) is 13.9. The number of rotatable bonds is 9. The first-order chi connectivity index (χ1) is 31.3. The third-order valence-electron chi connectivity index (χ3n) is 11.3. The van der Waals surface area contributed by atoms with Crippen LogP contribution in [0, 0.1) is 5.92 Å². The van der Waals surface area contributed by atoms with Gasteiger partial charge < -0.3 is 67.3 Å². The van der Waals surface area contributed by atoms with Crippen LogP contribution in [0.15, 0.2) is 90.7 Å². The minimum atomic E-state index is -2.46. The van der Waals surface area contributed by atoms with Crippen LogP contribution in [0.1, 0.15) is 44.2 Å². The summed E-state index contributed by atoms with van der Waals surface area (Å²) in [4.78, 5) is 96.8. The largest absolute Gasteiger partial charge is 0.391 e. The number of aromatic nitrogens is 1. The predicted molar refractivity (Wildman–Crippen MR) is 240 cm³/mol. The van der Waals surface area contributed by atoms with Crippen molar-refractivity contribution in [1.29, 1.82) is 0 Å². The van der Waals surface area contributed by atoms with Crippen LogP contribution in [0.5, 0.6) is 0 Å². The van der Waals surface area contributed by atoms with Crippen molar-refractivity contribution in [3.05, 3.63) is 102 Å². The molecular formula is C46H58N8O12. The van der Waals surface area contributed by atoms with Gasteiger partial charge in [0.25, 0.3) is 5.91 Å². The molecule has 2 aliphatic heterocycles. The lowest BCUT2D eigenvalue weighted by molar-refractivity contribution is -0.145. The van der Waals surface area contributed by atoms with Gasteiger partial charge in [0.2, 0.25) is 35.4 Å². The number of aliphatic hydroxyl groups excluding tert-OH is 4. The van der Waals surface area contributed by atoms with Crippen molar-refractivity contribution >= 4 is 58.3 Å². The smallest absolute Gasteiger partial charge is 0.251 e. The number of aromatic amines is 1. The molecule has 20 heteroatoms. The highest BCUT2D eigenvalue weighted by atomic mass is 16.3. The van der Waals surface area contributed by atoms with Crippen LogP contribution >= 0.6 is 0 Å². The van der Waals surface area contributed by atoms with Crippen LogP contribution in [0.2, 0.25) is 0 Å². The molecule has 2 aliphatic rings. The van der Waals surface area contributed by atoms with Crippen LogP contribution in [0.4, 0.5) is 0 Å². The van der Waals surface area contributed by atoms with E-state index in [-0.39, 0.29) is 6.42 Å². The Morgan fingerprint density at radius 1 is 0.864 bits per heavy atom. The van der Waals surface area contributed by atoms with E-state index in [9.17, 15) is 59.1 Å². The molecule has 5 rings (SSSR count). The average molecular weight is 915 g/mol. The maximum absolute atomic E-state index is 13.7. The van der Waals surface area contributed by atoms with Gasteiger partial charge in [0.15, 0.2) is 11.8 Å². The van der Waals surface area contributed by atoms with Gasteiger partial charge in [-0.3, -0.25) is 33.6 Å². The Morgan fingerprint density at radius 2 is 1.58 bits per heavy atom. The fourth-order valence-corrected chi connectivity index (χ4v) is 7.46. The number of nitrogens with one attached hydrogen (secondary N) is 7. The molecule has 9 atom stereocenters. The second-order valence-electron chi connectivity index (χ2n) is 16.6. The molecule has 0 saturated carbocycles. The Bertz CT molecular complexity index is 2330. The maximum Gasteiger partial charge on any atom is 0.251 e. The first-order valence-electron chi connectivity index (χ1n) is 21.4. The standard InChI is InChI=1S/C46H58N8O12/c1-26(16-17-28-12-5-4-6-13-28)10-9-11-27(2)41(61)42(62)40-43(63)45(65)51-34-20-36(57)53-46(34,66)21-39(60)54(3)25-38(59)50-33(18-29-22-47-32-15-8-7-14-31(29)32)44(64)49-24-37(58)48-23-30(55)19-35(56)52-40/h4-17,22,27,30,33-34,40-43,47,55,61-63,66H,18-21,23-25H2,1-3H3,(H,48,58)(H,49,64)(H,50,59)(H,51,65)(H,52,56)(H,53,57)/b11-9+,17-16+,26-10+/t27-,30+,33-,34-,40-,41+,42+,43-,46-/m1/s1. The molecule has 1 aromatic heterocycles. The third-order valence-corrected chi connectivity index (χ3v) is 11.3. The quantitative estimate of drug-likeness (QED) is 0.105. The SMILES string of the molecule is CC(/C=C/c1ccccc1)=C\C=C\[C@@H](C)[C@H](O)[C@@H](O)[C@H]1NC(=O)C[C@H](O)CNC(=O)CNC(=O)[C@@H](Cc2c[nH]c3ccccc23)NC(=O)CN(C)C(=O)C[C@]2(O)NC(=O)C[C@H]2NC(=O)[C@@H]1O. The van der Waals surface area contributed by atoms with Crippen molar-refractivity contribution in [2.45, 2.75) is 87.8 Å². The van der Waals surface area contributed by atoms with Gasteiger partial charge in [-0.15, -0.1) is 0 Å². The van der Waals surface area contributed by atoms with Crippen molar-refractivity contribution in [3.63, 3.8) is 0 Å². The molecule has 2 aromatic carbocycles. The van der Waals surface area contributed by atoms with Gasteiger partial charge in [-0.05, 0) is 24.1 Å². The summed E-state index contributed by atoms with van der Waals surface area (Å²) < 4.78 is 0. The topological polar surface area (TPSA) is 312 Å². The van der Waals surface area contributed by atoms with Gasteiger partial charge in [0.1, 0.15) is 12.1 Å². The number of carbonyl (C=O) groups excluding carboxylic acids is 7. The monoisotopic (exact) mass is 914 g/mol. The van der Waals surface area contributed by atoms with E-state index in [0.717, 1.165) is 26.9 Å². The highest BCUT2D eigenvalue weighted by Crippen LogP contribution is 2.24. The Morgan fingerprint density at radius 3 is 2.32 bits per heavy atom. The fourth-order valence-electron chi connectivity index (χ4n) is 7.46. The zero-order chi connectivity index (χ0) is 48.1. The average Bonchev–Trinajstić information content (AvgIpc) is 3.82. The Labute approximate surface area is 380 Å². The lowest BCUT2D eigenvalue weighted by atomic mass is 9.91. The molecule has 7 amide bonds. The molecule has 66 heavy (non-hydrogen) atoms. The number of allylic oxidation sites excluding steroid dienone is 4. The molecule has 0 spiro atoms. The molecule has 2 saturated heterocycles. The van der Waals surface area contributed by atoms with Crippen LogP contribution in [0.25, 0.3) is 17.0 Å². The first kappa shape index (κ1) is 50.3. The zero-order valence-electron chi connectivity index (χ0n) is 36.8. The van der Waals surface area contributed by atoms with E-state index in [0.29, 0.717) is 5.56 Å². The van der Waals surface area contributed by atoms with Crippen molar-refractivity contribution < 1.29 is 59.1 Å².